The van der Waals surface area contributed by atoms with Crippen molar-refractivity contribution in [1.82, 2.24) is 5.32 Å². The van der Waals surface area contributed by atoms with Gasteiger partial charge in [0.05, 0.1) is 0 Å². The molecule has 0 aromatic carbocycles. The van der Waals surface area contributed by atoms with Crippen LogP contribution in [0.1, 0.15) is 27.7 Å². The first kappa shape index (κ1) is 11.1. The molecule has 0 unspecified atom stereocenters. The smallest absolute Gasteiger partial charge is 0.116 e. The van der Waals surface area contributed by atoms with Gasteiger partial charge in [0.2, 0.25) is 0 Å². The molecule has 0 atom stereocenters. The summed E-state index contributed by atoms with van der Waals surface area (Å²) < 4.78 is 0. The van der Waals surface area contributed by atoms with Gasteiger partial charge >= 0.3 is 0 Å². The zero-order chi connectivity index (χ0) is 9.72. The SMILES string of the molecule is CN/C(C)=C(C)/C(O)=C\C(C)C. The van der Waals surface area contributed by atoms with Crippen LogP contribution in [0, 0.1) is 5.92 Å². The van der Waals surface area contributed by atoms with Crippen LogP contribution in [0.3, 0.4) is 0 Å². The molecule has 0 saturated carbocycles. The molecule has 0 rings (SSSR count). The van der Waals surface area contributed by atoms with E-state index in [1.807, 2.05) is 40.8 Å². The lowest BCUT2D eigenvalue weighted by Crippen LogP contribution is -2.05. The molecular formula is C10H19NO. The second-order valence-corrected chi connectivity index (χ2v) is 3.30. The van der Waals surface area contributed by atoms with Gasteiger partial charge in [0.25, 0.3) is 0 Å². The van der Waals surface area contributed by atoms with Gasteiger partial charge in [0.1, 0.15) is 5.76 Å². The molecule has 0 spiro atoms. The fourth-order valence-electron chi connectivity index (χ4n) is 0.820. The number of hydrogen-bond donors (Lipinski definition) is 2. The molecule has 0 aliphatic rings. The number of hydrogen-bond acceptors (Lipinski definition) is 2. The predicted molar refractivity (Wildman–Crippen MR) is 53.0 cm³/mol. The van der Waals surface area contributed by atoms with Crippen molar-refractivity contribution < 1.29 is 5.11 Å². The molecule has 12 heavy (non-hydrogen) atoms. The van der Waals surface area contributed by atoms with E-state index in [1.165, 1.54) is 0 Å². The highest BCUT2D eigenvalue weighted by molar-refractivity contribution is 5.26. The molecule has 0 heterocycles. The second kappa shape index (κ2) is 4.86. The zero-order valence-electron chi connectivity index (χ0n) is 8.60. The molecular weight excluding hydrogens is 150 g/mol. The fraction of sp³-hybridized carbons (Fsp3) is 0.600. The Kier molecular flexibility index (Phi) is 4.49. The Morgan fingerprint density at radius 2 is 1.83 bits per heavy atom. The Morgan fingerprint density at radius 3 is 2.17 bits per heavy atom. The summed E-state index contributed by atoms with van der Waals surface area (Å²) in [5.74, 6) is 0.751. The van der Waals surface area contributed by atoms with Crippen molar-refractivity contribution >= 4 is 0 Å². The van der Waals surface area contributed by atoms with Gasteiger partial charge in [-0.25, -0.2) is 0 Å². The van der Waals surface area contributed by atoms with Crippen molar-refractivity contribution in [2.24, 2.45) is 5.92 Å². The first-order valence-corrected chi connectivity index (χ1v) is 4.25. The fourth-order valence-corrected chi connectivity index (χ4v) is 0.820. The van der Waals surface area contributed by atoms with Crippen molar-refractivity contribution in [3.63, 3.8) is 0 Å². The molecule has 0 bridgehead atoms. The molecule has 0 aliphatic heterocycles. The number of aliphatic hydroxyl groups excluding tert-OH is 1. The van der Waals surface area contributed by atoms with Gasteiger partial charge in [-0.15, -0.1) is 0 Å². The van der Waals surface area contributed by atoms with E-state index in [1.54, 1.807) is 0 Å². The minimum Gasteiger partial charge on any atom is -0.508 e. The van der Waals surface area contributed by atoms with E-state index in [0.29, 0.717) is 11.7 Å². The lowest BCUT2D eigenvalue weighted by atomic mass is 10.1. The van der Waals surface area contributed by atoms with Crippen molar-refractivity contribution in [1.29, 1.82) is 0 Å². The summed E-state index contributed by atoms with van der Waals surface area (Å²) in [6.07, 6.45) is 1.84. The summed E-state index contributed by atoms with van der Waals surface area (Å²) in [5.41, 5.74) is 1.91. The standard InChI is InChI=1S/C10H19NO/c1-7(2)6-10(12)8(3)9(4)11-5/h6-7,11-12H,1-5H3/b9-8+,10-6+. The topological polar surface area (TPSA) is 32.3 Å². The van der Waals surface area contributed by atoms with Gasteiger partial charge in [0.15, 0.2) is 0 Å². The summed E-state index contributed by atoms with van der Waals surface area (Å²) in [7, 11) is 1.85. The number of aliphatic hydroxyl groups is 1. The Morgan fingerprint density at radius 1 is 1.33 bits per heavy atom. The van der Waals surface area contributed by atoms with Gasteiger partial charge in [0, 0.05) is 18.3 Å². The number of nitrogens with one attached hydrogen (secondary N) is 1. The van der Waals surface area contributed by atoms with Crippen LogP contribution >= 0.6 is 0 Å². The Hall–Kier alpha value is -0.920. The van der Waals surface area contributed by atoms with Crippen LogP contribution in [0.15, 0.2) is 23.1 Å². The first-order valence-electron chi connectivity index (χ1n) is 4.25. The van der Waals surface area contributed by atoms with Crippen LogP contribution in [0.2, 0.25) is 0 Å². The minimum absolute atomic E-state index is 0.372. The Labute approximate surface area is 75.0 Å². The second-order valence-electron chi connectivity index (χ2n) is 3.30. The monoisotopic (exact) mass is 169 g/mol. The summed E-state index contributed by atoms with van der Waals surface area (Å²) >= 11 is 0. The molecule has 0 saturated heterocycles. The molecule has 0 aromatic rings. The van der Waals surface area contributed by atoms with E-state index in [0.717, 1.165) is 11.3 Å². The molecule has 0 aliphatic carbocycles. The third kappa shape index (κ3) is 3.46. The molecule has 2 nitrogen and oxygen atoms in total. The van der Waals surface area contributed by atoms with Crippen molar-refractivity contribution in [3.8, 4) is 0 Å². The lowest BCUT2D eigenvalue weighted by molar-refractivity contribution is 0.415. The summed E-state index contributed by atoms with van der Waals surface area (Å²) in [6, 6.07) is 0. The van der Waals surface area contributed by atoms with Crippen molar-refractivity contribution in [2.45, 2.75) is 27.7 Å². The van der Waals surface area contributed by atoms with Gasteiger partial charge in [-0.05, 0) is 25.8 Å². The van der Waals surface area contributed by atoms with Crippen LogP contribution in [0.4, 0.5) is 0 Å². The van der Waals surface area contributed by atoms with Gasteiger partial charge < -0.3 is 10.4 Å². The van der Waals surface area contributed by atoms with Crippen LogP contribution in [-0.2, 0) is 0 Å². The third-order valence-corrected chi connectivity index (χ3v) is 1.81. The van der Waals surface area contributed by atoms with E-state index >= 15 is 0 Å². The normalized spacial score (nSPS) is 14.7. The lowest BCUT2D eigenvalue weighted by Gasteiger charge is -2.07. The molecule has 2 heteroatoms. The van der Waals surface area contributed by atoms with Crippen LogP contribution in [0.25, 0.3) is 0 Å². The van der Waals surface area contributed by atoms with E-state index in [9.17, 15) is 5.11 Å². The summed E-state index contributed by atoms with van der Waals surface area (Å²) in [4.78, 5) is 0. The summed E-state index contributed by atoms with van der Waals surface area (Å²) in [6.45, 7) is 7.93. The van der Waals surface area contributed by atoms with E-state index < -0.39 is 0 Å². The van der Waals surface area contributed by atoms with Crippen LogP contribution in [0.5, 0.6) is 0 Å². The number of allylic oxidation sites excluding steroid dienone is 3. The maximum atomic E-state index is 9.55. The molecule has 0 amide bonds. The highest BCUT2D eigenvalue weighted by atomic mass is 16.3. The van der Waals surface area contributed by atoms with Crippen molar-refractivity contribution in [3.05, 3.63) is 23.1 Å². The van der Waals surface area contributed by atoms with E-state index in [-0.39, 0.29) is 0 Å². The molecule has 70 valence electrons. The molecule has 0 radical (unpaired) electrons. The average Bonchev–Trinajstić information content (AvgIpc) is 2.00. The highest BCUT2D eigenvalue weighted by Crippen LogP contribution is 2.11. The van der Waals surface area contributed by atoms with Gasteiger partial charge in [-0.1, -0.05) is 13.8 Å². The number of rotatable bonds is 3. The largest absolute Gasteiger partial charge is 0.508 e. The zero-order valence-corrected chi connectivity index (χ0v) is 8.60. The minimum atomic E-state index is 0.372. The average molecular weight is 169 g/mol. The highest BCUT2D eigenvalue weighted by Gasteiger charge is 2.01. The third-order valence-electron chi connectivity index (χ3n) is 1.81. The van der Waals surface area contributed by atoms with E-state index in [2.05, 4.69) is 5.32 Å². The molecule has 2 N–H and O–H groups in total. The van der Waals surface area contributed by atoms with Gasteiger partial charge in [-0.3, -0.25) is 0 Å². The van der Waals surface area contributed by atoms with Crippen LogP contribution < -0.4 is 5.32 Å². The van der Waals surface area contributed by atoms with Crippen molar-refractivity contribution in [2.75, 3.05) is 7.05 Å². The first-order chi connectivity index (χ1) is 5.49. The van der Waals surface area contributed by atoms with Crippen LogP contribution in [-0.4, -0.2) is 12.2 Å². The van der Waals surface area contributed by atoms with E-state index in [4.69, 9.17) is 0 Å². The quantitative estimate of drug-likeness (QED) is 0.503. The predicted octanol–water partition coefficient (Wildman–Crippen LogP) is 2.60. The Bertz CT molecular complexity index is 202. The molecule has 0 fully saturated rings. The maximum Gasteiger partial charge on any atom is 0.116 e. The molecule has 0 aromatic heterocycles. The summed E-state index contributed by atoms with van der Waals surface area (Å²) in [5, 5.41) is 12.6. The Balaban J connectivity index is 4.59. The van der Waals surface area contributed by atoms with Gasteiger partial charge in [-0.2, -0.15) is 0 Å². The maximum absolute atomic E-state index is 9.55.